The molecule has 0 aliphatic heterocycles. The van der Waals surface area contributed by atoms with Crippen molar-refractivity contribution in [1.82, 2.24) is 0 Å². The van der Waals surface area contributed by atoms with Gasteiger partial charge >= 0.3 is 0 Å². The Morgan fingerprint density at radius 1 is 0.684 bits per heavy atom. The molecular weight excluding hydrogens is 253 g/mol. The van der Waals surface area contributed by atoms with Gasteiger partial charge in [0.05, 0.1) is 0 Å². The number of ether oxygens (including phenoxy) is 1. The molecule has 0 fully saturated rings. The Morgan fingerprint density at radius 3 is 1.47 bits per heavy atom. The molecule has 1 unspecified atom stereocenters. The summed E-state index contributed by atoms with van der Waals surface area (Å²) in [5.41, 5.74) is 1.27. The molecular formula is C15H13F3O. The second kappa shape index (κ2) is 6.38. The molecule has 2 aromatic rings. The molecule has 0 saturated heterocycles. The molecule has 0 saturated carbocycles. The molecule has 0 radical (unpaired) electrons. The van der Waals surface area contributed by atoms with E-state index in [0.29, 0.717) is 11.1 Å². The van der Waals surface area contributed by atoms with Gasteiger partial charge in [-0.1, -0.05) is 60.7 Å². The number of hydrogen-bond donors (Lipinski definition) is 0. The van der Waals surface area contributed by atoms with Crippen LogP contribution in [0.4, 0.5) is 13.2 Å². The second-order valence-corrected chi connectivity index (χ2v) is 4.02. The summed E-state index contributed by atoms with van der Waals surface area (Å²) in [6, 6.07) is 17.5. The lowest BCUT2D eigenvalue weighted by Gasteiger charge is -2.21. The van der Waals surface area contributed by atoms with Gasteiger partial charge in [-0.3, -0.25) is 0 Å². The van der Waals surface area contributed by atoms with E-state index in [1.54, 1.807) is 60.7 Å². The smallest absolute Gasteiger partial charge is 0.293 e. The van der Waals surface area contributed by atoms with Crippen LogP contribution < -0.4 is 0 Å². The fraction of sp³-hybridized carbons (Fsp3) is 0.200. The van der Waals surface area contributed by atoms with E-state index in [-0.39, 0.29) is 0 Å². The van der Waals surface area contributed by atoms with Crippen LogP contribution in [0.5, 0.6) is 0 Å². The number of halogens is 3. The van der Waals surface area contributed by atoms with E-state index >= 15 is 0 Å². The molecule has 0 N–H and O–H groups in total. The van der Waals surface area contributed by atoms with E-state index in [9.17, 15) is 13.2 Å². The topological polar surface area (TPSA) is 9.23 Å². The van der Waals surface area contributed by atoms with E-state index in [0.717, 1.165) is 0 Å². The number of hydrogen-bond acceptors (Lipinski definition) is 1. The molecule has 0 spiro atoms. The minimum Gasteiger partial charge on any atom is -0.331 e. The van der Waals surface area contributed by atoms with Gasteiger partial charge in [-0.05, 0) is 11.1 Å². The monoisotopic (exact) mass is 266 g/mol. The SMILES string of the molecule is FC(F)C(F)OC(c1ccccc1)c1ccccc1. The predicted molar refractivity (Wildman–Crippen MR) is 66.7 cm³/mol. The van der Waals surface area contributed by atoms with Gasteiger partial charge in [0.1, 0.15) is 6.10 Å². The molecule has 0 aromatic heterocycles. The first-order valence-electron chi connectivity index (χ1n) is 5.86. The lowest BCUT2D eigenvalue weighted by molar-refractivity contribution is -0.149. The molecule has 1 nitrogen and oxygen atoms in total. The van der Waals surface area contributed by atoms with Crippen molar-refractivity contribution in [3.8, 4) is 0 Å². The van der Waals surface area contributed by atoms with Crippen LogP contribution in [0, 0.1) is 0 Å². The highest BCUT2D eigenvalue weighted by atomic mass is 19.3. The number of benzene rings is 2. The third-order valence-electron chi connectivity index (χ3n) is 2.67. The predicted octanol–water partition coefficient (Wildman–Crippen LogP) is 4.35. The fourth-order valence-corrected chi connectivity index (χ4v) is 1.79. The normalized spacial score (nSPS) is 12.9. The van der Waals surface area contributed by atoms with Crippen LogP contribution in [0.25, 0.3) is 0 Å². The second-order valence-electron chi connectivity index (χ2n) is 4.02. The molecule has 0 amide bonds. The third kappa shape index (κ3) is 3.58. The Hall–Kier alpha value is -1.81. The Labute approximate surface area is 109 Å². The van der Waals surface area contributed by atoms with Gasteiger partial charge in [-0.2, -0.15) is 0 Å². The maximum absolute atomic E-state index is 13.2. The van der Waals surface area contributed by atoms with Crippen LogP contribution in [-0.4, -0.2) is 12.8 Å². The van der Waals surface area contributed by atoms with Crippen molar-refractivity contribution in [1.29, 1.82) is 0 Å². The summed E-state index contributed by atoms with van der Waals surface area (Å²) >= 11 is 0. The minimum absolute atomic E-state index is 0.636. The maximum Gasteiger partial charge on any atom is 0.293 e. The molecule has 0 heterocycles. The number of rotatable bonds is 5. The Morgan fingerprint density at radius 2 is 1.11 bits per heavy atom. The van der Waals surface area contributed by atoms with Gasteiger partial charge in [0.25, 0.3) is 12.8 Å². The standard InChI is InChI=1S/C15H13F3O/c16-14(17)15(18)19-13(11-7-3-1-4-8-11)12-9-5-2-6-10-12/h1-10,13-15H. The zero-order valence-corrected chi connectivity index (χ0v) is 10.0. The lowest BCUT2D eigenvalue weighted by Crippen LogP contribution is -2.20. The molecule has 100 valence electrons. The van der Waals surface area contributed by atoms with Crippen molar-refractivity contribution >= 4 is 0 Å². The largest absolute Gasteiger partial charge is 0.331 e. The van der Waals surface area contributed by atoms with Gasteiger partial charge in [-0.25, -0.2) is 13.2 Å². The van der Waals surface area contributed by atoms with E-state index in [1.165, 1.54) is 0 Å². The zero-order chi connectivity index (χ0) is 13.7. The van der Waals surface area contributed by atoms with Gasteiger partial charge in [0, 0.05) is 0 Å². The highest BCUT2D eigenvalue weighted by Crippen LogP contribution is 2.28. The van der Waals surface area contributed by atoms with Crippen molar-refractivity contribution in [2.24, 2.45) is 0 Å². The Kier molecular flexibility index (Phi) is 4.58. The Bertz CT molecular complexity index is 448. The molecule has 2 rings (SSSR count). The van der Waals surface area contributed by atoms with Crippen LogP contribution in [0.2, 0.25) is 0 Å². The summed E-state index contributed by atoms with van der Waals surface area (Å²) in [5.74, 6) is 0. The minimum atomic E-state index is -3.16. The van der Waals surface area contributed by atoms with E-state index in [1.807, 2.05) is 0 Å². The molecule has 0 aliphatic rings. The molecule has 4 heteroatoms. The zero-order valence-electron chi connectivity index (χ0n) is 10.0. The quantitative estimate of drug-likeness (QED) is 0.781. The first-order valence-corrected chi connectivity index (χ1v) is 5.86. The highest BCUT2D eigenvalue weighted by molar-refractivity contribution is 5.29. The average Bonchev–Trinajstić information content (AvgIpc) is 2.46. The summed E-state index contributed by atoms with van der Waals surface area (Å²) in [6.07, 6.45) is -6.60. The molecule has 19 heavy (non-hydrogen) atoms. The van der Waals surface area contributed by atoms with Gasteiger partial charge in [0.15, 0.2) is 0 Å². The summed E-state index contributed by atoms with van der Waals surface area (Å²) in [4.78, 5) is 0. The van der Waals surface area contributed by atoms with Crippen LogP contribution >= 0.6 is 0 Å². The van der Waals surface area contributed by atoms with Gasteiger partial charge in [-0.15, -0.1) is 0 Å². The van der Waals surface area contributed by atoms with E-state index < -0.39 is 18.9 Å². The van der Waals surface area contributed by atoms with E-state index in [4.69, 9.17) is 4.74 Å². The first-order chi connectivity index (χ1) is 9.18. The van der Waals surface area contributed by atoms with Crippen molar-refractivity contribution in [2.75, 3.05) is 0 Å². The molecule has 0 aliphatic carbocycles. The molecule has 0 bridgehead atoms. The number of alkyl halides is 3. The third-order valence-corrected chi connectivity index (χ3v) is 2.67. The first kappa shape index (κ1) is 13.6. The van der Waals surface area contributed by atoms with Gasteiger partial charge in [0.2, 0.25) is 0 Å². The summed E-state index contributed by atoms with van der Waals surface area (Å²) in [5, 5.41) is 0. The Balaban J connectivity index is 2.29. The lowest BCUT2D eigenvalue weighted by atomic mass is 10.0. The van der Waals surface area contributed by atoms with Crippen molar-refractivity contribution in [2.45, 2.75) is 18.9 Å². The van der Waals surface area contributed by atoms with Crippen molar-refractivity contribution < 1.29 is 17.9 Å². The van der Waals surface area contributed by atoms with Crippen molar-refractivity contribution in [3.63, 3.8) is 0 Å². The molecule has 1 atom stereocenters. The summed E-state index contributed by atoms with van der Waals surface area (Å²) in [7, 11) is 0. The van der Waals surface area contributed by atoms with E-state index in [2.05, 4.69) is 0 Å². The van der Waals surface area contributed by atoms with Crippen LogP contribution in [0.15, 0.2) is 60.7 Å². The van der Waals surface area contributed by atoms with Crippen LogP contribution in [0.3, 0.4) is 0 Å². The highest BCUT2D eigenvalue weighted by Gasteiger charge is 2.26. The average molecular weight is 266 g/mol. The molecule has 2 aromatic carbocycles. The maximum atomic E-state index is 13.2. The van der Waals surface area contributed by atoms with Crippen LogP contribution in [-0.2, 0) is 4.74 Å². The van der Waals surface area contributed by atoms with Gasteiger partial charge < -0.3 is 4.74 Å². The van der Waals surface area contributed by atoms with Crippen LogP contribution in [0.1, 0.15) is 17.2 Å². The summed E-state index contributed by atoms with van der Waals surface area (Å²) < 4.78 is 42.7. The fourth-order valence-electron chi connectivity index (χ4n) is 1.79. The van der Waals surface area contributed by atoms with Crippen molar-refractivity contribution in [3.05, 3.63) is 71.8 Å². The summed E-state index contributed by atoms with van der Waals surface area (Å²) in [6.45, 7) is 0.